The van der Waals surface area contributed by atoms with Crippen LogP contribution in [0, 0.1) is 9.85 Å². The van der Waals surface area contributed by atoms with E-state index in [4.69, 9.17) is 0 Å². The molecule has 2 aromatic rings. The molecule has 0 saturated heterocycles. The van der Waals surface area contributed by atoms with E-state index in [0.717, 1.165) is 10.0 Å². The third-order valence-electron chi connectivity index (χ3n) is 2.44. The number of hydrogen-bond donors (Lipinski definition) is 0. The maximum Gasteiger partial charge on any atom is 0.346 e. The second kappa shape index (κ2) is 5.71. The summed E-state index contributed by atoms with van der Waals surface area (Å²) in [5, 5.41) is 4.29. The van der Waals surface area contributed by atoms with Crippen LogP contribution in [0.1, 0.15) is 0 Å². The highest BCUT2D eigenvalue weighted by molar-refractivity contribution is 14.1. The monoisotopic (exact) mass is 417 g/mol. The van der Waals surface area contributed by atoms with Gasteiger partial charge in [0.25, 0.3) is 0 Å². The average Bonchev–Trinajstić information content (AvgIpc) is 2.65. The van der Waals surface area contributed by atoms with Crippen molar-refractivity contribution in [1.82, 2.24) is 14.3 Å². The normalized spacial score (nSPS) is 9.94. The molecule has 0 atom stereocenters. The van der Waals surface area contributed by atoms with E-state index in [-0.39, 0.29) is 5.69 Å². The maximum absolute atomic E-state index is 11.9. The molecule has 1 aromatic heterocycles. The number of rotatable bonds is 2. The summed E-state index contributed by atoms with van der Waals surface area (Å²) in [5.41, 5.74) is 0.742. The molecule has 0 aliphatic heterocycles. The Labute approximate surface area is 126 Å². The van der Waals surface area contributed by atoms with Crippen molar-refractivity contribution in [2.24, 2.45) is 7.05 Å². The van der Waals surface area contributed by atoms with E-state index < -0.39 is 0 Å². The Bertz CT molecular complexity index is 676. The molecule has 1 heterocycles. The Balaban J connectivity index is 2.48. The van der Waals surface area contributed by atoms with Crippen molar-refractivity contribution in [3.8, 4) is 21.2 Å². The van der Waals surface area contributed by atoms with E-state index in [1.54, 1.807) is 7.05 Å². The van der Waals surface area contributed by atoms with Crippen LogP contribution in [0.25, 0.3) is 11.4 Å². The van der Waals surface area contributed by atoms with Gasteiger partial charge in [0.05, 0.1) is 0 Å². The third kappa shape index (κ3) is 2.67. The molecule has 92 valence electrons. The zero-order valence-electron chi connectivity index (χ0n) is 9.52. The van der Waals surface area contributed by atoms with E-state index in [1.807, 2.05) is 46.9 Å². The summed E-state index contributed by atoms with van der Waals surface area (Å²) < 4.78 is 6.61. The Morgan fingerprint density at radius 1 is 1.39 bits per heavy atom. The van der Waals surface area contributed by atoms with Gasteiger partial charge in [0.1, 0.15) is 6.54 Å². The predicted octanol–water partition coefficient (Wildman–Crippen LogP) is 2.41. The van der Waals surface area contributed by atoms with Crippen molar-refractivity contribution in [2.45, 2.75) is 6.54 Å². The van der Waals surface area contributed by atoms with Crippen LogP contribution in [0.15, 0.2) is 33.5 Å². The van der Waals surface area contributed by atoms with Crippen molar-refractivity contribution in [1.29, 1.82) is 0 Å². The minimum atomic E-state index is -0.160. The summed E-state index contributed by atoms with van der Waals surface area (Å²) in [7, 11) is 1.71. The van der Waals surface area contributed by atoms with Crippen molar-refractivity contribution < 1.29 is 0 Å². The molecule has 0 spiro atoms. The molecule has 1 aromatic carbocycles. The topological polar surface area (TPSA) is 39.8 Å². The van der Waals surface area contributed by atoms with Crippen LogP contribution < -0.4 is 5.69 Å². The highest BCUT2D eigenvalue weighted by atomic mass is 127. The quantitative estimate of drug-likeness (QED) is 0.556. The summed E-state index contributed by atoms with van der Waals surface area (Å²) >= 11 is 5.32. The number of aromatic nitrogens is 3. The summed E-state index contributed by atoms with van der Waals surface area (Å²) in [6, 6.07) is 7.67. The van der Waals surface area contributed by atoms with E-state index in [2.05, 4.69) is 30.9 Å². The molecule has 0 fully saturated rings. The van der Waals surface area contributed by atoms with Gasteiger partial charge in [-0.15, -0.1) is 5.10 Å². The Morgan fingerprint density at radius 3 is 2.67 bits per heavy atom. The molecule has 0 amide bonds. The maximum atomic E-state index is 11.9. The van der Waals surface area contributed by atoms with Gasteiger partial charge in [0, 0.05) is 39.7 Å². The van der Waals surface area contributed by atoms with Crippen molar-refractivity contribution in [3.05, 3.63) is 39.2 Å². The predicted molar refractivity (Wildman–Crippen MR) is 82.4 cm³/mol. The highest BCUT2D eigenvalue weighted by Crippen LogP contribution is 2.18. The summed E-state index contributed by atoms with van der Waals surface area (Å²) in [6.07, 6.45) is 0. The Kier molecular flexibility index (Phi) is 4.24. The molecular formula is C12H9BrIN3O. The molecule has 2 rings (SSSR count). The van der Waals surface area contributed by atoms with Crippen LogP contribution in [0.5, 0.6) is 0 Å². The molecule has 0 bridgehead atoms. The van der Waals surface area contributed by atoms with Gasteiger partial charge >= 0.3 is 5.69 Å². The minimum Gasteiger partial charge on any atom is -0.278 e. The van der Waals surface area contributed by atoms with Crippen LogP contribution in [0.4, 0.5) is 0 Å². The van der Waals surface area contributed by atoms with E-state index in [9.17, 15) is 4.79 Å². The smallest absolute Gasteiger partial charge is 0.278 e. The molecule has 0 N–H and O–H groups in total. The Morgan fingerprint density at radius 2 is 2.06 bits per heavy atom. The lowest BCUT2D eigenvalue weighted by Crippen LogP contribution is -2.22. The van der Waals surface area contributed by atoms with E-state index in [0.29, 0.717) is 12.4 Å². The highest BCUT2D eigenvalue weighted by Gasteiger charge is 2.10. The molecule has 6 heteroatoms. The van der Waals surface area contributed by atoms with Crippen LogP contribution in [0.3, 0.4) is 0 Å². The second-order valence-electron chi connectivity index (χ2n) is 3.60. The lowest BCUT2D eigenvalue weighted by atomic mass is 10.2. The van der Waals surface area contributed by atoms with Gasteiger partial charge in [0.15, 0.2) is 5.82 Å². The average molecular weight is 418 g/mol. The number of halogens is 2. The van der Waals surface area contributed by atoms with Gasteiger partial charge in [-0.3, -0.25) is 4.57 Å². The van der Waals surface area contributed by atoms with Crippen molar-refractivity contribution in [3.63, 3.8) is 0 Å². The van der Waals surface area contributed by atoms with Crippen LogP contribution in [-0.4, -0.2) is 14.3 Å². The van der Waals surface area contributed by atoms with E-state index >= 15 is 0 Å². The first-order chi connectivity index (χ1) is 8.63. The molecule has 0 aliphatic carbocycles. The van der Waals surface area contributed by atoms with Crippen molar-refractivity contribution >= 4 is 38.5 Å². The van der Waals surface area contributed by atoms with E-state index in [1.165, 1.54) is 9.25 Å². The molecule has 0 saturated carbocycles. The number of nitrogens with zero attached hydrogens (tertiary/aromatic N) is 3. The third-order valence-corrected chi connectivity index (χ3v) is 3.35. The zero-order valence-corrected chi connectivity index (χ0v) is 13.3. The zero-order chi connectivity index (χ0) is 13.1. The largest absolute Gasteiger partial charge is 0.346 e. The summed E-state index contributed by atoms with van der Waals surface area (Å²) in [4.78, 5) is 11.9. The lowest BCUT2D eigenvalue weighted by molar-refractivity contribution is 0.671. The molecule has 0 unspecified atom stereocenters. The lowest BCUT2D eigenvalue weighted by Gasteiger charge is -1.99. The standard InChI is InChI=1S/C12H9BrIN3O/c1-16-11(9-3-5-10(13)6-4-9)15-17(12(16)18)8-2-7-14/h3-6H,8H2,1H3. The van der Waals surface area contributed by atoms with Crippen LogP contribution >= 0.6 is 38.5 Å². The first-order valence-corrected chi connectivity index (χ1v) is 6.99. The first-order valence-electron chi connectivity index (χ1n) is 5.11. The number of hydrogen-bond acceptors (Lipinski definition) is 2. The van der Waals surface area contributed by atoms with Gasteiger partial charge < -0.3 is 0 Å². The molecule has 0 aliphatic rings. The summed E-state index contributed by atoms with van der Waals surface area (Å²) in [6.45, 7) is 0.312. The van der Waals surface area contributed by atoms with Gasteiger partial charge in [-0.1, -0.05) is 34.0 Å². The fraction of sp³-hybridized carbons (Fsp3) is 0.167. The van der Waals surface area contributed by atoms with Gasteiger partial charge in [-0.25, -0.2) is 9.48 Å². The molecule has 18 heavy (non-hydrogen) atoms. The molecular weight excluding hydrogens is 409 g/mol. The van der Waals surface area contributed by atoms with Gasteiger partial charge in [-0.05, 0) is 16.1 Å². The molecule has 4 nitrogen and oxygen atoms in total. The molecule has 0 radical (unpaired) electrons. The first kappa shape index (κ1) is 13.4. The fourth-order valence-corrected chi connectivity index (χ4v) is 1.98. The fourth-order valence-electron chi connectivity index (χ4n) is 1.55. The minimum absolute atomic E-state index is 0.160. The second-order valence-corrected chi connectivity index (χ2v) is 5.06. The Hall–Kier alpha value is -1.07. The van der Waals surface area contributed by atoms with Gasteiger partial charge in [0.2, 0.25) is 0 Å². The van der Waals surface area contributed by atoms with Crippen molar-refractivity contribution in [2.75, 3.05) is 0 Å². The number of benzene rings is 1. The van der Waals surface area contributed by atoms with Gasteiger partial charge in [-0.2, -0.15) is 0 Å². The van der Waals surface area contributed by atoms with Crippen LogP contribution in [-0.2, 0) is 13.6 Å². The SMILES string of the molecule is Cn1c(-c2ccc(Br)cc2)nn(CC#CI)c1=O. The van der Waals surface area contributed by atoms with Crippen LogP contribution in [0.2, 0.25) is 0 Å². The summed E-state index contributed by atoms with van der Waals surface area (Å²) in [5.74, 6) is 3.46.